The van der Waals surface area contributed by atoms with E-state index in [0.29, 0.717) is 0 Å². The maximum absolute atomic E-state index is 3.60. The van der Waals surface area contributed by atoms with E-state index in [2.05, 4.69) is 13.8 Å². The van der Waals surface area contributed by atoms with Crippen molar-refractivity contribution in [1.82, 2.24) is 0 Å². The van der Waals surface area contributed by atoms with Crippen LogP contribution in [0.1, 0.15) is 19.8 Å². The molecular weight excluding hydrogens is 280 g/mol. The van der Waals surface area contributed by atoms with E-state index in [1.807, 2.05) is 0 Å². The molecule has 0 saturated heterocycles. The van der Waals surface area contributed by atoms with Crippen LogP contribution in [-0.2, 0) is 21.7 Å². The molecule has 66 valence electrons. The predicted molar refractivity (Wildman–Crippen MR) is 27.5 cm³/mol. The van der Waals surface area contributed by atoms with Gasteiger partial charge in [0.15, 0.2) is 0 Å². The van der Waals surface area contributed by atoms with E-state index in [4.69, 9.17) is 0 Å². The molecule has 0 unspecified atom stereocenters. The van der Waals surface area contributed by atoms with Crippen molar-refractivity contribution in [3.8, 4) is 0 Å². The first-order valence-corrected chi connectivity index (χ1v) is 1.71. The Morgan fingerprint density at radius 3 is 1.09 bits per heavy atom. The minimum absolute atomic E-state index is 0. The summed E-state index contributed by atoms with van der Waals surface area (Å²) >= 11 is 0. The normalized spacial score (nSPS) is 2.73. The monoisotopic (exact) mass is 288 g/mol. The van der Waals surface area contributed by atoms with Gasteiger partial charge in [-0.3, -0.25) is 0 Å². The average Bonchev–Trinajstić information content (AvgIpc) is 1.37. The summed E-state index contributed by atoms with van der Waals surface area (Å²) in [5.74, 6) is 0. The fourth-order valence-corrected chi connectivity index (χ4v) is 0. The molecule has 0 bridgehead atoms. The summed E-state index contributed by atoms with van der Waals surface area (Å²) in [6, 6.07) is 0. The summed E-state index contributed by atoms with van der Waals surface area (Å²) in [4.78, 5) is 0. The average molecular weight is 290 g/mol. The minimum atomic E-state index is 0. The zero-order chi connectivity index (χ0) is 3.41. The molecule has 0 aromatic heterocycles. The molecule has 0 saturated carbocycles. The summed E-state index contributed by atoms with van der Waals surface area (Å²) in [5.41, 5.74) is 0. The third-order valence-electron chi connectivity index (χ3n) is 0.354. The molecular formula is C4H10Cl5LiTi. The number of hydrogen-bond acceptors (Lipinski definition) is 0. The van der Waals surface area contributed by atoms with E-state index in [9.17, 15) is 0 Å². The van der Waals surface area contributed by atoms with E-state index in [1.54, 1.807) is 0 Å². The molecule has 0 amide bonds. The summed E-state index contributed by atoms with van der Waals surface area (Å²) < 4.78 is 0. The minimum Gasteiger partial charge on any atom is -1.00 e. The van der Waals surface area contributed by atoms with E-state index >= 15 is 0 Å². The Bertz CT molecular complexity index is 20.4. The van der Waals surface area contributed by atoms with Crippen molar-refractivity contribution in [3.05, 3.63) is 6.92 Å². The second kappa shape index (κ2) is 77.9. The molecule has 0 N–H and O–H groups in total. The zero-order valence-electron chi connectivity index (χ0n) is 6.54. The molecule has 0 spiro atoms. The Labute approximate surface area is 128 Å². The Morgan fingerprint density at radius 1 is 1.00 bits per heavy atom. The first-order chi connectivity index (χ1) is 1.91. The van der Waals surface area contributed by atoms with Gasteiger partial charge in [0.2, 0.25) is 0 Å². The molecule has 0 aliphatic rings. The van der Waals surface area contributed by atoms with Crippen LogP contribution in [-0.4, -0.2) is 0 Å². The molecule has 0 atom stereocenters. The summed E-state index contributed by atoms with van der Waals surface area (Å²) in [6.07, 6.45) is 2.28. The van der Waals surface area contributed by atoms with Gasteiger partial charge in [-0.05, 0) is 0 Å². The number of rotatable bonds is 1. The standard InChI is InChI=1S/C4H9.5ClH.Li.Ti/c1-3-4-2;;;;;;;/h1,3-4H2,2H3;5*1H;;/q-1;;;;;;+1;+4/p-4. The summed E-state index contributed by atoms with van der Waals surface area (Å²) in [6.45, 7) is 5.72. The molecule has 0 aromatic rings. The van der Waals surface area contributed by atoms with Crippen molar-refractivity contribution in [3.63, 3.8) is 0 Å². The number of halogens is 5. The SMILES string of the molecule is Cl.[CH2-]CCC.[Cl-].[Cl-].[Cl-].[Cl-].[Li+].[Ti+4]. The molecule has 7 heteroatoms. The van der Waals surface area contributed by atoms with Gasteiger partial charge in [-0.25, -0.2) is 0 Å². The first-order valence-electron chi connectivity index (χ1n) is 1.71. The van der Waals surface area contributed by atoms with Crippen LogP contribution in [0.3, 0.4) is 0 Å². The van der Waals surface area contributed by atoms with Crippen molar-refractivity contribution in [2.24, 2.45) is 0 Å². The Morgan fingerprint density at radius 2 is 1.09 bits per heavy atom. The van der Waals surface area contributed by atoms with Crippen molar-refractivity contribution in [2.75, 3.05) is 0 Å². The van der Waals surface area contributed by atoms with E-state index < -0.39 is 0 Å². The van der Waals surface area contributed by atoms with Gasteiger partial charge >= 0.3 is 40.6 Å². The molecule has 0 aromatic carbocycles. The fourth-order valence-electron chi connectivity index (χ4n) is 0. The van der Waals surface area contributed by atoms with Crippen LogP contribution in [0.2, 0.25) is 0 Å². The van der Waals surface area contributed by atoms with Crippen LogP contribution in [0.15, 0.2) is 0 Å². The topological polar surface area (TPSA) is 0 Å². The van der Waals surface area contributed by atoms with Crippen LogP contribution >= 0.6 is 12.4 Å². The van der Waals surface area contributed by atoms with Gasteiger partial charge in [-0.2, -0.15) is 6.42 Å². The molecule has 0 radical (unpaired) electrons. The second-order valence-corrected chi connectivity index (χ2v) is 0.854. The van der Waals surface area contributed by atoms with Crippen LogP contribution < -0.4 is 68.5 Å². The third kappa shape index (κ3) is 104. The fraction of sp³-hybridized carbons (Fsp3) is 0.750. The van der Waals surface area contributed by atoms with Gasteiger partial charge in [0.1, 0.15) is 0 Å². The summed E-state index contributed by atoms with van der Waals surface area (Å²) in [7, 11) is 0. The molecule has 0 aliphatic carbocycles. The predicted octanol–water partition coefficient (Wildman–Crippen LogP) is -12.9. The van der Waals surface area contributed by atoms with Gasteiger partial charge in [-0.1, -0.05) is 13.3 Å². The maximum atomic E-state index is 3.60. The Balaban J connectivity index is -0.00000000214. The van der Waals surface area contributed by atoms with Gasteiger partial charge in [0, 0.05) is 0 Å². The molecule has 0 nitrogen and oxygen atoms in total. The van der Waals surface area contributed by atoms with Crippen LogP contribution in [0.4, 0.5) is 0 Å². The van der Waals surface area contributed by atoms with Crippen molar-refractivity contribution in [1.29, 1.82) is 0 Å². The zero-order valence-corrected chi connectivity index (χ0v) is 11.9. The van der Waals surface area contributed by atoms with Crippen LogP contribution in [0.5, 0.6) is 0 Å². The molecule has 0 heterocycles. The molecule has 11 heavy (non-hydrogen) atoms. The largest absolute Gasteiger partial charge is 4.00 e. The Hall–Kier alpha value is 2.76. The van der Waals surface area contributed by atoms with Gasteiger partial charge in [-0.15, -0.1) is 12.4 Å². The van der Waals surface area contributed by atoms with Crippen molar-refractivity contribution >= 4 is 12.4 Å². The van der Waals surface area contributed by atoms with Crippen LogP contribution in [0, 0.1) is 6.92 Å². The van der Waals surface area contributed by atoms with Crippen molar-refractivity contribution < 1.29 is 90.2 Å². The molecule has 0 rings (SSSR count). The van der Waals surface area contributed by atoms with Crippen molar-refractivity contribution in [2.45, 2.75) is 19.8 Å². The van der Waals surface area contributed by atoms with E-state index in [0.717, 1.165) is 6.42 Å². The first kappa shape index (κ1) is 67.5. The molecule has 0 aliphatic heterocycles. The van der Waals surface area contributed by atoms with E-state index in [-0.39, 0.29) is 103 Å². The smallest absolute Gasteiger partial charge is 1.00 e. The maximum Gasteiger partial charge on any atom is 4.00 e. The van der Waals surface area contributed by atoms with Crippen LogP contribution in [0.25, 0.3) is 0 Å². The van der Waals surface area contributed by atoms with Gasteiger partial charge < -0.3 is 56.6 Å². The molecule has 0 fully saturated rings. The number of unbranched alkanes of at least 4 members (excludes halogenated alkanes) is 1. The van der Waals surface area contributed by atoms with Gasteiger partial charge in [0.05, 0.1) is 0 Å². The quantitative estimate of drug-likeness (QED) is 0.332. The third-order valence-corrected chi connectivity index (χ3v) is 0.354. The van der Waals surface area contributed by atoms with E-state index in [1.165, 1.54) is 6.42 Å². The Kier molecular flexibility index (Phi) is 478. The number of hydrogen-bond donors (Lipinski definition) is 0. The summed E-state index contributed by atoms with van der Waals surface area (Å²) in [5, 5.41) is 0. The second-order valence-electron chi connectivity index (χ2n) is 0.854. The van der Waals surface area contributed by atoms with Gasteiger partial charge in [0.25, 0.3) is 0 Å².